The highest BCUT2D eigenvalue weighted by molar-refractivity contribution is 6.62. The first-order valence-corrected chi connectivity index (χ1v) is 10.1. The predicted molar refractivity (Wildman–Crippen MR) is 85.3 cm³/mol. The Hall–Kier alpha value is -0.613. The maximum atomic E-state index is 11.8. The van der Waals surface area contributed by atoms with Crippen LogP contribution >= 0.6 is 0 Å². The molecule has 2 atom stereocenters. The van der Waals surface area contributed by atoms with Crippen LogP contribution in [0.3, 0.4) is 0 Å². The number of ether oxygens (including phenoxy) is 2. The monoisotopic (exact) mass is 297 g/mol. The first-order valence-electron chi connectivity index (χ1n) is 7.91. The zero-order valence-corrected chi connectivity index (χ0v) is 14.3. The number of rotatable bonds is 7. The van der Waals surface area contributed by atoms with Crippen LogP contribution in [0.2, 0.25) is 12.1 Å². The van der Waals surface area contributed by atoms with Crippen molar-refractivity contribution in [1.29, 1.82) is 0 Å². The van der Waals surface area contributed by atoms with Crippen molar-refractivity contribution >= 4 is 14.8 Å². The lowest BCUT2D eigenvalue weighted by atomic mass is 10.0. The highest BCUT2D eigenvalue weighted by Crippen LogP contribution is 2.36. The number of hydrogen-bond acceptors (Lipinski definition) is 3. The van der Waals surface area contributed by atoms with Gasteiger partial charge in [-0.3, -0.25) is 0 Å². The van der Waals surface area contributed by atoms with Crippen LogP contribution < -0.4 is 0 Å². The van der Waals surface area contributed by atoms with Gasteiger partial charge in [0.15, 0.2) is 0 Å². The van der Waals surface area contributed by atoms with E-state index < -0.39 is 8.80 Å². The van der Waals surface area contributed by atoms with Gasteiger partial charge in [-0.25, -0.2) is 4.79 Å². The van der Waals surface area contributed by atoms with Crippen molar-refractivity contribution in [2.75, 3.05) is 6.61 Å². The second-order valence-corrected chi connectivity index (χ2v) is 9.49. The topological polar surface area (TPSA) is 35.5 Å². The first-order chi connectivity index (χ1) is 9.64. The van der Waals surface area contributed by atoms with Gasteiger partial charge in [0.1, 0.15) is 6.10 Å². The van der Waals surface area contributed by atoms with E-state index in [1.165, 1.54) is 24.6 Å². The lowest BCUT2D eigenvalue weighted by molar-refractivity contribution is -0.161. The van der Waals surface area contributed by atoms with E-state index in [-0.39, 0.29) is 17.3 Å². The minimum Gasteiger partial charge on any atom is -0.457 e. The average molecular weight is 297 g/mol. The molecule has 0 amide bonds. The molecule has 4 heteroatoms. The molecule has 0 aromatic carbocycles. The summed E-state index contributed by atoms with van der Waals surface area (Å²) < 4.78 is 12.0. The fourth-order valence-corrected chi connectivity index (χ4v) is 7.06. The molecule has 0 aromatic heterocycles. The molecule has 3 nitrogen and oxygen atoms in total. The summed E-state index contributed by atoms with van der Waals surface area (Å²) in [4.78, 5) is 11.8. The standard InChI is InChI=1S/C16H29O3Si/c1-5-11-15(17)19-14(6-2)16(20(7-3)8-4)12-9-10-13-18-16/h5,11,14,20H,2,6-10,12-13H2,1,3-4H3. The van der Waals surface area contributed by atoms with Crippen molar-refractivity contribution in [3.05, 3.63) is 19.1 Å². The molecule has 0 aliphatic carbocycles. The summed E-state index contributed by atoms with van der Waals surface area (Å²) in [6, 6.07) is 2.35. The van der Waals surface area contributed by atoms with Gasteiger partial charge in [-0.2, -0.15) is 0 Å². The van der Waals surface area contributed by atoms with Crippen molar-refractivity contribution in [2.45, 2.75) is 69.9 Å². The predicted octanol–water partition coefficient (Wildman–Crippen LogP) is 3.44. The molecule has 115 valence electrons. The summed E-state index contributed by atoms with van der Waals surface area (Å²) in [6.45, 7) is 11.1. The Morgan fingerprint density at radius 1 is 1.45 bits per heavy atom. The largest absolute Gasteiger partial charge is 0.457 e. The maximum Gasteiger partial charge on any atom is 0.330 e. The molecule has 0 N–H and O–H groups in total. The van der Waals surface area contributed by atoms with Gasteiger partial charge in [0.25, 0.3) is 0 Å². The molecule has 0 spiro atoms. The molecule has 1 radical (unpaired) electrons. The molecule has 1 heterocycles. The molecule has 1 aliphatic heterocycles. The van der Waals surface area contributed by atoms with Gasteiger partial charge in [0, 0.05) is 12.7 Å². The van der Waals surface area contributed by atoms with Crippen LogP contribution in [-0.4, -0.2) is 32.7 Å². The molecule has 2 unspecified atom stereocenters. The smallest absolute Gasteiger partial charge is 0.330 e. The number of esters is 1. The Morgan fingerprint density at radius 2 is 2.15 bits per heavy atom. The van der Waals surface area contributed by atoms with Gasteiger partial charge < -0.3 is 9.47 Å². The van der Waals surface area contributed by atoms with Crippen molar-refractivity contribution in [3.63, 3.8) is 0 Å². The summed E-state index contributed by atoms with van der Waals surface area (Å²) in [5.74, 6) is -0.269. The fourth-order valence-electron chi connectivity index (χ4n) is 3.37. The van der Waals surface area contributed by atoms with Crippen LogP contribution in [0.15, 0.2) is 12.2 Å². The average Bonchev–Trinajstić information content (AvgIpc) is 2.47. The molecule has 0 bridgehead atoms. The third-order valence-corrected chi connectivity index (χ3v) is 8.56. The molecule has 1 saturated heterocycles. The Kier molecular flexibility index (Phi) is 7.52. The summed E-state index contributed by atoms with van der Waals surface area (Å²) in [5.41, 5.74) is 0. The highest BCUT2D eigenvalue weighted by atomic mass is 28.3. The Labute approximate surface area is 125 Å². The third kappa shape index (κ3) is 3.95. The van der Waals surface area contributed by atoms with Gasteiger partial charge in [-0.05, 0) is 39.5 Å². The second-order valence-electron chi connectivity index (χ2n) is 5.49. The molecule has 1 fully saturated rings. The van der Waals surface area contributed by atoms with Crippen molar-refractivity contribution in [2.24, 2.45) is 0 Å². The zero-order valence-electron chi connectivity index (χ0n) is 13.2. The van der Waals surface area contributed by atoms with Gasteiger partial charge in [-0.1, -0.05) is 32.0 Å². The highest BCUT2D eigenvalue weighted by Gasteiger charge is 2.47. The maximum absolute atomic E-state index is 11.8. The molecule has 0 saturated carbocycles. The van der Waals surface area contributed by atoms with E-state index >= 15 is 0 Å². The molecular formula is C16H29O3Si. The Morgan fingerprint density at radius 3 is 2.60 bits per heavy atom. The zero-order chi connectivity index (χ0) is 15.0. The van der Waals surface area contributed by atoms with Crippen LogP contribution in [0, 0.1) is 6.92 Å². The van der Waals surface area contributed by atoms with Gasteiger partial charge in [0.05, 0.1) is 14.0 Å². The van der Waals surface area contributed by atoms with E-state index in [4.69, 9.17) is 9.47 Å². The summed E-state index contributed by atoms with van der Waals surface area (Å²) in [7, 11) is -1.13. The SMILES string of the molecule is [CH2]CC(OC(=O)C=CC)C1([SiH](CC)CC)CCCCO1. The van der Waals surface area contributed by atoms with E-state index in [9.17, 15) is 4.79 Å². The lowest BCUT2D eigenvalue weighted by Gasteiger charge is -2.46. The van der Waals surface area contributed by atoms with Crippen LogP contribution in [-0.2, 0) is 14.3 Å². The van der Waals surface area contributed by atoms with Gasteiger partial charge in [-0.15, -0.1) is 0 Å². The molecule has 20 heavy (non-hydrogen) atoms. The van der Waals surface area contributed by atoms with E-state index in [2.05, 4.69) is 20.8 Å². The molecular weight excluding hydrogens is 268 g/mol. The fraction of sp³-hybridized carbons (Fsp3) is 0.750. The van der Waals surface area contributed by atoms with E-state index in [0.29, 0.717) is 6.42 Å². The van der Waals surface area contributed by atoms with E-state index in [1.54, 1.807) is 6.08 Å². The van der Waals surface area contributed by atoms with Crippen molar-refractivity contribution < 1.29 is 14.3 Å². The normalized spacial score (nSPS) is 25.1. The third-order valence-electron chi connectivity index (χ3n) is 4.38. The summed E-state index contributed by atoms with van der Waals surface area (Å²) in [6.07, 6.45) is 6.90. The number of carbonyl (C=O) groups is 1. The number of hydrogen-bond donors (Lipinski definition) is 0. The van der Waals surface area contributed by atoms with Crippen LogP contribution in [0.1, 0.15) is 46.5 Å². The number of allylic oxidation sites excluding steroid dienone is 1. The molecule has 1 aliphatic rings. The Balaban J connectivity index is 2.96. The van der Waals surface area contributed by atoms with Crippen LogP contribution in [0.5, 0.6) is 0 Å². The Bertz CT molecular complexity index is 318. The minimum absolute atomic E-state index is 0.192. The second kappa shape index (κ2) is 8.62. The van der Waals surface area contributed by atoms with E-state index in [0.717, 1.165) is 19.4 Å². The van der Waals surface area contributed by atoms with Crippen LogP contribution in [0.25, 0.3) is 0 Å². The lowest BCUT2D eigenvalue weighted by Crippen LogP contribution is -2.59. The summed E-state index contributed by atoms with van der Waals surface area (Å²) in [5, 5.41) is -0.208. The molecule has 1 rings (SSSR count). The molecule has 0 aromatic rings. The van der Waals surface area contributed by atoms with Gasteiger partial charge >= 0.3 is 5.97 Å². The quantitative estimate of drug-likeness (QED) is 0.410. The van der Waals surface area contributed by atoms with E-state index in [1.807, 2.05) is 6.92 Å². The first kappa shape index (κ1) is 17.4. The van der Waals surface area contributed by atoms with Crippen molar-refractivity contribution in [3.8, 4) is 0 Å². The van der Waals surface area contributed by atoms with Crippen LogP contribution in [0.4, 0.5) is 0 Å². The summed E-state index contributed by atoms with van der Waals surface area (Å²) >= 11 is 0. The minimum atomic E-state index is -1.13. The van der Waals surface area contributed by atoms with Gasteiger partial charge in [0.2, 0.25) is 0 Å². The van der Waals surface area contributed by atoms with Crippen molar-refractivity contribution in [1.82, 2.24) is 0 Å². The number of carbonyl (C=O) groups excluding carboxylic acids is 1.